The third kappa shape index (κ3) is 9.04. The van der Waals surface area contributed by atoms with Gasteiger partial charge in [0.05, 0.1) is 24.7 Å². The lowest BCUT2D eigenvalue weighted by atomic mass is 9.90. The first kappa shape index (κ1) is 24.1. The Kier molecular flexibility index (Phi) is 8.53. The van der Waals surface area contributed by atoms with E-state index in [0.29, 0.717) is 32.2 Å². The van der Waals surface area contributed by atoms with E-state index in [1.807, 2.05) is 13.8 Å². The monoisotopic (exact) mass is 428 g/mol. The maximum Gasteiger partial charge on any atom is 0.165 e. The van der Waals surface area contributed by atoms with Gasteiger partial charge in [-0.1, -0.05) is 40.7 Å². The summed E-state index contributed by atoms with van der Waals surface area (Å²) in [6.07, 6.45) is 2.75. The second kappa shape index (κ2) is 10.3. The summed E-state index contributed by atoms with van der Waals surface area (Å²) in [6.45, 7) is 11.8. The zero-order valence-electron chi connectivity index (χ0n) is 18.5. The van der Waals surface area contributed by atoms with Crippen LogP contribution in [-0.2, 0) is 14.6 Å². The van der Waals surface area contributed by atoms with Gasteiger partial charge in [-0.15, -0.1) is 0 Å². The van der Waals surface area contributed by atoms with Crippen molar-refractivity contribution in [1.29, 1.82) is 0 Å². The molecule has 0 amide bonds. The summed E-state index contributed by atoms with van der Waals surface area (Å²) in [5, 5.41) is 0. The van der Waals surface area contributed by atoms with Gasteiger partial charge in [0.2, 0.25) is 0 Å². The van der Waals surface area contributed by atoms with E-state index in [2.05, 4.69) is 20.8 Å². The van der Waals surface area contributed by atoms with Crippen molar-refractivity contribution in [3.05, 3.63) is 29.6 Å². The molecule has 1 aliphatic rings. The highest BCUT2D eigenvalue weighted by atomic mass is 32.2. The molecule has 0 heterocycles. The van der Waals surface area contributed by atoms with Crippen LogP contribution < -0.4 is 4.74 Å². The summed E-state index contributed by atoms with van der Waals surface area (Å²) in [6, 6.07) is 4.76. The van der Waals surface area contributed by atoms with Gasteiger partial charge < -0.3 is 9.47 Å². The van der Waals surface area contributed by atoms with Gasteiger partial charge in [-0.3, -0.25) is 0 Å². The summed E-state index contributed by atoms with van der Waals surface area (Å²) in [5.41, 5.74) is 0.892. The molecule has 1 aromatic carbocycles. The van der Waals surface area contributed by atoms with Crippen LogP contribution in [0.15, 0.2) is 18.2 Å². The molecule has 0 aromatic heterocycles. The first-order chi connectivity index (χ1) is 13.5. The Bertz CT molecular complexity index is 749. The van der Waals surface area contributed by atoms with E-state index in [9.17, 15) is 12.8 Å². The minimum absolute atomic E-state index is 0.0532. The van der Waals surface area contributed by atoms with Crippen LogP contribution in [0.5, 0.6) is 5.75 Å². The van der Waals surface area contributed by atoms with Gasteiger partial charge >= 0.3 is 0 Å². The highest BCUT2D eigenvalue weighted by Crippen LogP contribution is 2.33. The van der Waals surface area contributed by atoms with Crippen LogP contribution in [0.3, 0.4) is 0 Å². The Labute approximate surface area is 176 Å². The van der Waals surface area contributed by atoms with E-state index in [4.69, 9.17) is 9.47 Å². The summed E-state index contributed by atoms with van der Waals surface area (Å²) in [7, 11) is -3.24. The van der Waals surface area contributed by atoms with Crippen molar-refractivity contribution < 1.29 is 22.3 Å². The molecule has 0 bridgehead atoms. The van der Waals surface area contributed by atoms with E-state index in [-0.39, 0.29) is 34.5 Å². The van der Waals surface area contributed by atoms with E-state index in [1.165, 1.54) is 6.07 Å². The van der Waals surface area contributed by atoms with Crippen LogP contribution in [0.2, 0.25) is 0 Å². The summed E-state index contributed by atoms with van der Waals surface area (Å²) < 4.78 is 50.7. The third-order valence-corrected chi connectivity index (χ3v) is 6.85. The smallest absolute Gasteiger partial charge is 0.165 e. The zero-order valence-corrected chi connectivity index (χ0v) is 19.4. The van der Waals surface area contributed by atoms with Crippen molar-refractivity contribution >= 4 is 9.84 Å². The van der Waals surface area contributed by atoms with Crippen LogP contribution in [0.25, 0.3) is 0 Å². The Morgan fingerprint density at radius 2 is 1.90 bits per heavy atom. The molecule has 1 saturated carbocycles. The molecule has 1 aliphatic carbocycles. The number of sulfone groups is 1. The molecule has 2 rings (SSSR count). The maximum atomic E-state index is 14.1. The minimum Gasteiger partial charge on any atom is -0.490 e. The molecule has 1 fully saturated rings. The predicted octanol–water partition coefficient (Wildman–Crippen LogP) is 5.22. The fourth-order valence-corrected chi connectivity index (χ4v) is 4.99. The average molecular weight is 429 g/mol. The van der Waals surface area contributed by atoms with Crippen molar-refractivity contribution in [3.8, 4) is 5.75 Å². The molecule has 0 radical (unpaired) electrons. The van der Waals surface area contributed by atoms with Gasteiger partial charge in [0.15, 0.2) is 21.4 Å². The lowest BCUT2D eigenvalue weighted by Crippen LogP contribution is -2.23. The van der Waals surface area contributed by atoms with Gasteiger partial charge in [-0.2, -0.15) is 0 Å². The van der Waals surface area contributed by atoms with Crippen molar-refractivity contribution in [2.75, 3.05) is 31.3 Å². The maximum absolute atomic E-state index is 14.1. The van der Waals surface area contributed by atoms with E-state index < -0.39 is 15.7 Å². The second-order valence-corrected chi connectivity index (χ2v) is 12.1. The molecule has 1 aromatic rings. The molecule has 0 N–H and O–H groups in total. The zero-order chi connectivity index (χ0) is 21.7. The SMILES string of the molecule is CC(C)C(CS(=O)(=O)CCCOCC(C)(C)C)c1ccc(F)c(OCC2CC2)c1. The van der Waals surface area contributed by atoms with Gasteiger partial charge in [-0.05, 0) is 54.2 Å². The molecule has 0 spiro atoms. The number of hydrogen-bond donors (Lipinski definition) is 0. The number of ether oxygens (including phenoxy) is 2. The molecule has 6 heteroatoms. The quantitative estimate of drug-likeness (QED) is 0.428. The first-order valence-electron chi connectivity index (χ1n) is 10.7. The minimum atomic E-state index is -3.24. The molecule has 1 unspecified atom stereocenters. The molecule has 1 atom stereocenters. The van der Waals surface area contributed by atoms with Gasteiger partial charge in [0.25, 0.3) is 0 Å². The lowest BCUT2D eigenvalue weighted by Gasteiger charge is -2.22. The Morgan fingerprint density at radius 3 is 2.48 bits per heavy atom. The molecule has 0 aliphatic heterocycles. The van der Waals surface area contributed by atoms with E-state index in [1.54, 1.807) is 12.1 Å². The van der Waals surface area contributed by atoms with Crippen LogP contribution in [0.1, 0.15) is 65.4 Å². The standard InChI is InChI=1S/C23H37FO4S/c1-17(2)20(15-29(25,26)12-6-11-27-16-23(3,4)5)19-9-10-21(24)22(13-19)28-14-18-7-8-18/h9-10,13,17-18,20H,6-8,11-12,14-16H2,1-5H3. The fraction of sp³-hybridized carbons (Fsp3) is 0.739. The molecular formula is C23H37FO4S. The van der Waals surface area contributed by atoms with Gasteiger partial charge in [-0.25, -0.2) is 12.8 Å². The Balaban J connectivity index is 1.96. The Hall–Kier alpha value is -1.14. The fourth-order valence-electron chi connectivity index (χ4n) is 3.14. The van der Waals surface area contributed by atoms with Crippen LogP contribution >= 0.6 is 0 Å². The number of hydrogen-bond acceptors (Lipinski definition) is 4. The summed E-state index contributed by atoms with van der Waals surface area (Å²) in [4.78, 5) is 0. The lowest BCUT2D eigenvalue weighted by molar-refractivity contribution is 0.0720. The van der Waals surface area contributed by atoms with E-state index in [0.717, 1.165) is 18.4 Å². The number of rotatable bonds is 12. The molecular weight excluding hydrogens is 391 g/mol. The van der Waals surface area contributed by atoms with Crippen molar-refractivity contribution in [3.63, 3.8) is 0 Å². The highest BCUT2D eigenvalue weighted by molar-refractivity contribution is 7.91. The second-order valence-electron chi connectivity index (χ2n) is 9.88. The normalized spacial score (nSPS) is 16.2. The molecule has 0 saturated heterocycles. The first-order valence-corrected chi connectivity index (χ1v) is 12.5. The largest absolute Gasteiger partial charge is 0.490 e. The topological polar surface area (TPSA) is 52.6 Å². The van der Waals surface area contributed by atoms with Gasteiger partial charge in [0, 0.05) is 12.5 Å². The van der Waals surface area contributed by atoms with Crippen LogP contribution in [0.4, 0.5) is 4.39 Å². The summed E-state index contributed by atoms with van der Waals surface area (Å²) in [5.74, 6) is 0.441. The third-order valence-electron chi connectivity index (χ3n) is 5.07. The van der Waals surface area contributed by atoms with Crippen molar-refractivity contribution in [2.24, 2.45) is 17.3 Å². The van der Waals surface area contributed by atoms with Gasteiger partial charge in [0.1, 0.15) is 0 Å². The van der Waals surface area contributed by atoms with Crippen molar-refractivity contribution in [1.82, 2.24) is 0 Å². The predicted molar refractivity (Wildman–Crippen MR) is 116 cm³/mol. The highest BCUT2D eigenvalue weighted by Gasteiger charge is 2.26. The molecule has 166 valence electrons. The molecule has 4 nitrogen and oxygen atoms in total. The number of benzene rings is 1. The van der Waals surface area contributed by atoms with Crippen molar-refractivity contribution in [2.45, 2.75) is 59.8 Å². The average Bonchev–Trinajstić information content (AvgIpc) is 3.42. The Morgan fingerprint density at radius 1 is 1.21 bits per heavy atom. The van der Waals surface area contributed by atoms with Crippen LogP contribution in [0, 0.1) is 23.1 Å². The molecule has 29 heavy (non-hydrogen) atoms. The van der Waals surface area contributed by atoms with Crippen LogP contribution in [-0.4, -0.2) is 39.7 Å². The van der Waals surface area contributed by atoms with E-state index >= 15 is 0 Å². The number of halogens is 1. The summed E-state index contributed by atoms with van der Waals surface area (Å²) >= 11 is 0.